The summed E-state index contributed by atoms with van der Waals surface area (Å²) < 4.78 is 11.7. The molecule has 0 aromatic carbocycles. The minimum Gasteiger partial charge on any atom is -0.490 e. The first-order valence-corrected chi connectivity index (χ1v) is 7.66. The van der Waals surface area contributed by atoms with Crippen molar-refractivity contribution in [2.45, 2.75) is 57.8 Å². The van der Waals surface area contributed by atoms with E-state index in [1.165, 1.54) is 6.42 Å². The van der Waals surface area contributed by atoms with Crippen molar-refractivity contribution in [3.8, 4) is 5.75 Å². The van der Waals surface area contributed by atoms with Crippen LogP contribution in [0, 0.1) is 0 Å². The van der Waals surface area contributed by atoms with E-state index in [1.807, 2.05) is 12.3 Å². The van der Waals surface area contributed by atoms with Gasteiger partial charge in [0.05, 0.1) is 6.10 Å². The zero-order valence-electron chi connectivity index (χ0n) is 12.6. The predicted octanol–water partition coefficient (Wildman–Crippen LogP) is 2.92. The number of methoxy groups -OCH3 is 1. The maximum Gasteiger partial charge on any atom is 0.127 e. The van der Waals surface area contributed by atoms with Crippen molar-refractivity contribution in [1.29, 1.82) is 0 Å². The van der Waals surface area contributed by atoms with Gasteiger partial charge >= 0.3 is 0 Å². The third-order valence-electron chi connectivity index (χ3n) is 3.81. The zero-order valence-corrected chi connectivity index (χ0v) is 12.6. The molecule has 0 saturated heterocycles. The average molecular weight is 278 g/mol. The third kappa shape index (κ3) is 4.46. The van der Waals surface area contributed by atoms with E-state index >= 15 is 0 Å². The first-order valence-electron chi connectivity index (χ1n) is 7.66. The van der Waals surface area contributed by atoms with Gasteiger partial charge in [-0.05, 0) is 38.3 Å². The van der Waals surface area contributed by atoms with Gasteiger partial charge in [0.1, 0.15) is 11.9 Å². The smallest absolute Gasteiger partial charge is 0.127 e. The van der Waals surface area contributed by atoms with Crippen molar-refractivity contribution in [1.82, 2.24) is 10.3 Å². The second-order valence-electron chi connectivity index (χ2n) is 5.42. The number of nitrogens with zero attached hydrogens (tertiary/aromatic N) is 1. The maximum absolute atomic E-state index is 6.19. The Morgan fingerprint density at radius 3 is 3.00 bits per heavy atom. The molecule has 0 amide bonds. The molecule has 1 saturated carbocycles. The van der Waals surface area contributed by atoms with Gasteiger partial charge in [0.15, 0.2) is 0 Å². The van der Waals surface area contributed by atoms with Crippen LogP contribution in [0.25, 0.3) is 0 Å². The van der Waals surface area contributed by atoms with Crippen molar-refractivity contribution < 1.29 is 9.47 Å². The van der Waals surface area contributed by atoms with E-state index in [4.69, 9.17) is 9.47 Å². The molecule has 2 atom stereocenters. The van der Waals surface area contributed by atoms with Gasteiger partial charge in [0.25, 0.3) is 0 Å². The third-order valence-corrected chi connectivity index (χ3v) is 3.81. The van der Waals surface area contributed by atoms with E-state index in [-0.39, 0.29) is 6.10 Å². The van der Waals surface area contributed by atoms with E-state index in [1.54, 1.807) is 13.3 Å². The quantitative estimate of drug-likeness (QED) is 0.779. The molecule has 2 rings (SSSR count). The van der Waals surface area contributed by atoms with Gasteiger partial charge in [-0.25, -0.2) is 0 Å². The Bertz CT molecular complexity index is 398. The fraction of sp³-hybridized carbons (Fsp3) is 0.688. The molecule has 112 valence electrons. The number of nitrogens with one attached hydrogen (secondary N) is 1. The molecule has 1 aliphatic carbocycles. The van der Waals surface area contributed by atoms with Gasteiger partial charge in [0.2, 0.25) is 0 Å². The van der Waals surface area contributed by atoms with Crippen molar-refractivity contribution in [2.24, 2.45) is 0 Å². The summed E-state index contributed by atoms with van der Waals surface area (Å²) in [7, 11) is 1.79. The Morgan fingerprint density at radius 1 is 1.35 bits per heavy atom. The Hall–Kier alpha value is -1.13. The van der Waals surface area contributed by atoms with Crippen LogP contribution >= 0.6 is 0 Å². The summed E-state index contributed by atoms with van der Waals surface area (Å²) in [5, 5.41) is 3.40. The van der Waals surface area contributed by atoms with E-state index in [0.717, 1.165) is 50.1 Å². The minimum atomic E-state index is 0.265. The summed E-state index contributed by atoms with van der Waals surface area (Å²) in [6.45, 7) is 4.00. The lowest BCUT2D eigenvalue weighted by molar-refractivity contribution is 0.0206. The fourth-order valence-electron chi connectivity index (χ4n) is 2.66. The normalized spacial score (nSPS) is 22.7. The summed E-state index contributed by atoms with van der Waals surface area (Å²) in [6, 6.07) is 1.97. The van der Waals surface area contributed by atoms with Crippen LogP contribution in [0.4, 0.5) is 0 Å². The van der Waals surface area contributed by atoms with Crippen LogP contribution in [0.1, 0.15) is 44.6 Å². The highest BCUT2D eigenvalue weighted by Gasteiger charge is 2.23. The molecule has 0 bridgehead atoms. The minimum absolute atomic E-state index is 0.265. The Morgan fingerprint density at radius 2 is 2.20 bits per heavy atom. The largest absolute Gasteiger partial charge is 0.490 e. The van der Waals surface area contributed by atoms with Crippen LogP contribution in [0.2, 0.25) is 0 Å². The molecule has 4 heteroatoms. The van der Waals surface area contributed by atoms with E-state index in [2.05, 4.69) is 17.2 Å². The van der Waals surface area contributed by atoms with Gasteiger partial charge in [0, 0.05) is 38.0 Å². The molecule has 1 N–H and O–H groups in total. The highest BCUT2D eigenvalue weighted by atomic mass is 16.5. The van der Waals surface area contributed by atoms with Crippen molar-refractivity contribution in [3.05, 3.63) is 24.0 Å². The lowest BCUT2D eigenvalue weighted by Gasteiger charge is -2.29. The molecule has 4 nitrogen and oxygen atoms in total. The van der Waals surface area contributed by atoms with Crippen LogP contribution in [-0.4, -0.2) is 30.8 Å². The van der Waals surface area contributed by atoms with Crippen molar-refractivity contribution in [2.75, 3.05) is 13.7 Å². The van der Waals surface area contributed by atoms with Gasteiger partial charge in [-0.2, -0.15) is 0 Å². The van der Waals surface area contributed by atoms with Crippen molar-refractivity contribution in [3.63, 3.8) is 0 Å². The van der Waals surface area contributed by atoms with Crippen LogP contribution < -0.4 is 10.1 Å². The van der Waals surface area contributed by atoms with Crippen LogP contribution in [0.5, 0.6) is 5.75 Å². The molecule has 0 radical (unpaired) electrons. The molecule has 1 aromatic heterocycles. The Kier molecular flexibility index (Phi) is 6.27. The summed E-state index contributed by atoms with van der Waals surface area (Å²) in [5.41, 5.74) is 1.14. The molecular formula is C16H26N2O2. The van der Waals surface area contributed by atoms with E-state index in [0.29, 0.717) is 6.10 Å². The number of pyridine rings is 1. The van der Waals surface area contributed by atoms with Crippen LogP contribution in [0.15, 0.2) is 18.5 Å². The lowest BCUT2D eigenvalue weighted by Crippen LogP contribution is -2.30. The van der Waals surface area contributed by atoms with Crippen LogP contribution in [0.3, 0.4) is 0 Å². The molecule has 20 heavy (non-hydrogen) atoms. The predicted molar refractivity (Wildman–Crippen MR) is 79.9 cm³/mol. The number of rotatable bonds is 7. The lowest BCUT2D eigenvalue weighted by atomic mass is 9.95. The monoisotopic (exact) mass is 278 g/mol. The molecule has 0 spiro atoms. The maximum atomic E-state index is 6.19. The summed E-state index contributed by atoms with van der Waals surface area (Å²) in [5.74, 6) is 0.963. The first kappa shape index (κ1) is 15.3. The van der Waals surface area contributed by atoms with Gasteiger partial charge in [-0.15, -0.1) is 0 Å². The summed E-state index contributed by atoms with van der Waals surface area (Å²) >= 11 is 0. The summed E-state index contributed by atoms with van der Waals surface area (Å²) in [4.78, 5) is 4.20. The average Bonchev–Trinajstić information content (AvgIpc) is 2.49. The SMILES string of the molecule is CCCNCc1cnccc1OC1CCCC(OC)C1. The highest BCUT2D eigenvalue weighted by molar-refractivity contribution is 5.30. The molecule has 0 aliphatic heterocycles. The molecule has 1 aromatic rings. The number of hydrogen-bond acceptors (Lipinski definition) is 4. The number of aromatic nitrogens is 1. The Balaban J connectivity index is 1.94. The van der Waals surface area contributed by atoms with Gasteiger partial charge in [-0.1, -0.05) is 6.92 Å². The zero-order chi connectivity index (χ0) is 14.2. The Labute approximate surface area is 121 Å². The molecule has 2 unspecified atom stereocenters. The highest BCUT2D eigenvalue weighted by Crippen LogP contribution is 2.26. The molecular weight excluding hydrogens is 252 g/mol. The van der Waals surface area contributed by atoms with Gasteiger partial charge < -0.3 is 14.8 Å². The molecule has 1 fully saturated rings. The van der Waals surface area contributed by atoms with Crippen molar-refractivity contribution >= 4 is 0 Å². The second kappa shape index (κ2) is 8.22. The topological polar surface area (TPSA) is 43.4 Å². The first-order chi connectivity index (χ1) is 9.83. The number of ether oxygens (including phenoxy) is 2. The summed E-state index contributed by atoms with van der Waals surface area (Å²) in [6.07, 6.45) is 9.87. The molecule has 1 heterocycles. The standard InChI is InChI=1S/C16H26N2O2/c1-3-8-17-11-13-12-18-9-7-16(13)20-15-6-4-5-14(10-15)19-2/h7,9,12,14-15,17H,3-6,8,10-11H2,1-2H3. The van der Waals surface area contributed by atoms with Gasteiger partial charge in [-0.3, -0.25) is 4.98 Å². The fourth-order valence-corrected chi connectivity index (χ4v) is 2.66. The van der Waals surface area contributed by atoms with E-state index < -0.39 is 0 Å². The molecule has 1 aliphatic rings. The van der Waals surface area contributed by atoms with Crippen LogP contribution in [-0.2, 0) is 11.3 Å². The number of hydrogen-bond donors (Lipinski definition) is 1. The second-order valence-corrected chi connectivity index (χ2v) is 5.42. The van der Waals surface area contributed by atoms with E-state index in [9.17, 15) is 0 Å².